The highest BCUT2D eigenvalue weighted by Gasteiger charge is 2.38. The number of carbonyl (C=O) groups is 2. The third-order valence-corrected chi connectivity index (χ3v) is 6.21. The molecular formula is C26H29ClF3N3O5. The van der Waals surface area contributed by atoms with Crippen LogP contribution in [0.3, 0.4) is 0 Å². The minimum atomic E-state index is -5.08. The number of carboxylic acid groups (broad SMARTS) is 1. The Morgan fingerprint density at radius 1 is 1.18 bits per heavy atom. The van der Waals surface area contributed by atoms with Crippen LogP contribution in [-0.2, 0) is 16.0 Å². The number of hydrogen-bond donors (Lipinski definition) is 4. The molecule has 3 aromatic rings. The Morgan fingerprint density at radius 3 is 2.50 bits per heavy atom. The van der Waals surface area contributed by atoms with Gasteiger partial charge in [-0.25, -0.2) is 4.79 Å². The molecule has 1 amide bonds. The average Bonchev–Trinajstić information content (AvgIpc) is 3.29. The van der Waals surface area contributed by atoms with Crippen LogP contribution in [0.15, 0.2) is 48.7 Å². The van der Waals surface area contributed by atoms with E-state index in [9.17, 15) is 23.1 Å². The number of aliphatic hydroxyl groups excluding tert-OH is 1. The minimum absolute atomic E-state index is 0.0476. The van der Waals surface area contributed by atoms with E-state index in [1.807, 2.05) is 41.4 Å². The maximum atomic E-state index is 12.7. The summed E-state index contributed by atoms with van der Waals surface area (Å²) >= 11 is 6.01. The first-order valence-electron chi connectivity index (χ1n) is 11.9. The number of halogens is 4. The maximum Gasteiger partial charge on any atom is 0.490 e. The molecule has 0 saturated carbocycles. The number of aliphatic carboxylic acids is 1. The van der Waals surface area contributed by atoms with Crippen LogP contribution in [0.5, 0.6) is 0 Å². The van der Waals surface area contributed by atoms with Gasteiger partial charge in [0.1, 0.15) is 0 Å². The van der Waals surface area contributed by atoms with Crippen molar-refractivity contribution >= 4 is 34.4 Å². The van der Waals surface area contributed by atoms with Gasteiger partial charge in [0.05, 0.1) is 19.3 Å². The van der Waals surface area contributed by atoms with Crippen molar-refractivity contribution in [1.82, 2.24) is 15.2 Å². The molecule has 4 rings (SSSR count). The minimum Gasteiger partial charge on any atom is -0.475 e. The van der Waals surface area contributed by atoms with Gasteiger partial charge >= 0.3 is 12.1 Å². The number of rotatable bonds is 7. The second kappa shape index (κ2) is 13.1. The number of nitrogens with one attached hydrogen (secondary N) is 2. The van der Waals surface area contributed by atoms with Crippen LogP contribution in [0.1, 0.15) is 34.5 Å². The number of amides is 1. The Balaban J connectivity index is 0.000000505. The highest BCUT2D eigenvalue weighted by Crippen LogP contribution is 2.23. The first-order chi connectivity index (χ1) is 18.0. The molecule has 8 nitrogen and oxygen atoms in total. The van der Waals surface area contributed by atoms with Crippen LogP contribution in [-0.4, -0.2) is 77.0 Å². The first kappa shape index (κ1) is 29.4. The molecule has 0 aliphatic carbocycles. The number of carboxylic acids is 1. The van der Waals surface area contributed by atoms with Crippen LogP contribution in [0, 0.1) is 0 Å². The number of aliphatic hydroxyl groups is 1. The van der Waals surface area contributed by atoms with E-state index in [2.05, 4.69) is 17.2 Å². The van der Waals surface area contributed by atoms with Gasteiger partial charge in [-0.15, -0.1) is 0 Å². The second-order valence-electron chi connectivity index (χ2n) is 8.87. The van der Waals surface area contributed by atoms with Gasteiger partial charge in [0, 0.05) is 53.4 Å². The number of carbonyl (C=O) groups excluding carboxylic acids is 1. The number of alkyl halides is 3. The van der Waals surface area contributed by atoms with Gasteiger partial charge in [0.15, 0.2) is 0 Å². The number of aromatic amines is 1. The number of morpholine rings is 1. The lowest BCUT2D eigenvalue weighted by Crippen LogP contribution is -2.40. The normalized spacial score (nSPS) is 15.5. The molecule has 0 radical (unpaired) electrons. The Labute approximate surface area is 222 Å². The molecule has 0 unspecified atom stereocenters. The first-order valence-corrected chi connectivity index (χ1v) is 12.3. The lowest BCUT2D eigenvalue weighted by molar-refractivity contribution is -0.192. The summed E-state index contributed by atoms with van der Waals surface area (Å²) in [5.41, 5.74) is 3.63. The second-order valence-corrected chi connectivity index (χ2v) is 9.30. The van der Waals surface area contributed by atoms with Crippen molar-refractivity contribution in [3.05, 3.63) is 70.4 Å². The standard InChI is InChI=1S/C24H28ClN3O3.C2HF3O2/c1-16(26-15-23(29)17-3-2-4-20(25)12-17)11-19-14-27-22-13-18(5-6-21(19)22)24(30)28-7-9-31-10-8-28;3-2(4,5)1(6)7/h2-6,12-14,16,23,26-27,29H,7-11,15H2,1H3;(H,6,7)/t16-,23+;/m1./s1. The van der Waals surface area contributed by atoms with Crippen LogP contribution in [0.25, 0.3) is 10.9 Å². The number of fused-ring (bicyclic) bond motifs is 1. The molecule has 4 N–H and O–H groups in total. The van der Waals surface area contributed by atoms with Crippen molar-refractivity contribution in [2.75, 3.05) is 32.8 Å². The molecule has 0 spiro atoms. The zero-order chi connectivity index (χ0) is 27.9. The fraction of sp³-hybridized carbons (Fsp3) is 0.385. The van der Waals surface area contributed by atoms with E-state index in [1.54, 1.807) is 12.1 Å². The van der Waals surface area contributed by atoms with E-state index >= 15 is 0 Å². The van der Waals surface area contributed by atoms with Gasteiger partial charge in [-0.3, -0.25) is 4.79 Å². The monoisotopic (exact) mass is 555 g/mol. The lowest BCUT2D eigenvalue weighted by atomic mass is 10.0. The zero-order valence-electron chi connectivity index (χ0n) is 20.6. The number of benzene rings is 2. The Bertz CT molecular complexity index is 1240. The number of ether oxygens (including phenoxy) is 1. The van der Waals surface area contributed by atoms with Gasteiger partial charge in [-0.2, -0.15) is 13.2 Å². The average molecular weight is 556 g/mol. The summed E-state index contributed by atoms with van der Waals surface area (Å²) in [5.74, 6) is -2.71. The number of H-pyrrole nitrogens is 1. The van der Waals surface area contributed by atoms with Gasteiger partial charge in [0.2, 0.25) is 0 Å². The summed E-state index contributed by atoms with van der Waals surface area (Å²) < 4.78 is 37.1. The summed E-state index contributed by atoms with van der Waals surface area (Å²) in [4.78, 5) is 26.8. The number of hydrogen-bond acceptors (Lipinski definition) is 5. The van der Waals surface area contributed by atoms with E-state index in [0.29, 0.717) is 43.4 Å². The van der Waals surface area contributed by atoms with E-state index in [0.717, 1.165) is 22.9 Å². The lowest BCUT2D eigenvalue weighted by Gasteiger charge is -2.26. The van der Waals surface area contributed by atoms with Crippen LogP contribution in [0.4, 0.5) is 13.2 Å². The van der Waals surface area contributed by atoms with E-state index in [1.165, 1.54) is 5.56 Å². The quantitative estimate of drug-likeness (QED) is 0.348. The topological polar surface area (TPSA) is 115 Å². The third kappa shape index (κ3) is 8.19. The third-order valence-electron chi connectivity index (χ3n) is 5.97. The smallest absolute Gasteiger partial charge is 0.475 e. The van der Waals surface area contributed by atoms with E-state index in [4.69, 9.17) is 26.2 Å². The predicted octanol–water partition coefficient (Wildman–Crippen LogP) is 4.18. The summed E-state index contributed by atoms with van der Waals surface area (Å²) in [7, 11) is 0. The van der Waals surface area contributed by atoms with Gasteiger partial charge in [-0.1, -0.05) is 29.8 Å². The fourth-order valence-corrected chi connectivity index (χ4v) is 4.18. The Morgan fingerprint density at radius 2 is 1.87 bits per heavy atom. The molecule has 1 aliphatic rings. The van der Waals surface area contributed by atoms with Crippen molar-refractivity contribution in [3.8, 4) is 0 Å². The van der Waals surface area contributed by atoms with E-state index < -0.39 is 18.2 Å². The summed E-state index contributed by atoms with van der Waals surface area (Å²) in [6, 6.07) is 13.3. The molecule has 1 fully saturated rings. The molecule has 206 valence electrons. The molecule has 1 saturated heterocycles. The largest absolute Gasteiger partial charge is 0.490 e. The number of aromatic nitrogens is 1. The maximum absolute atomic E-state index is 12.7. The van der Waals surface area contributed by atoms with Crippen molar-refractivity contribution in [2.45, 2.75) is 31.7 Å². The summed E-state index contributed by atoms with van der Waals surface area (Å²) in [6.45, 7) is 5.01. The van der Waals surface area contributed by atoms with Crippen molar-refractivity contribution in [3.63, 3.8) is 0 Å². The fourth-order valence-electron chi connectivity index (χ4n) is 3.98. The molecule has 38 heavy (non-hydrogen) atoms. The van der Waals surface area contributed by atoms with Crippen LogP contribution < -0.4 is 5.32 Å². The summed E-state index contributed by atoms with van der Waals surface area (Å²) in [5, 5.41) is 22.7. The highest BCUT2D eigenvalue weighted by atomic mass is 35.5. The summed E-state index contributed by atoms with van der Waals surface area (Å²) in [6.07, 6.45) is -2.89. The van der Waals surface area contributed by atoms with E-state index in [-0.39, 0.29) is 11.9 Å². The van der Waals surface area contributed by atoms with Gasteiger partial charge in [0.25, 0.3) is 5.91 Å². The predicted molar refractivity (Wildman–Crippen MR) is 136 cm³/mol. The van der Waals surface area contributed by atoms with Crippen molar-refractivity contribution in [2.24, 2.45) is 0 Å². The number of nitrogens with zero attached hydrogens (tertiary/aromatic N) is 1. The SMILES string of the molecule is C[C@H](Cc1c[nH]c2cc(C(=O)N3CCOCC3)ccc12)NC[C@H](O)c1cccc(Cl)c1.O=C(O)C(F)(F)F. The molecule has 2 heterocycles. The Kier molecular flexibility index (Phi) is 10.1. The van der Waals surface area contributed by atoms with Crippen molar-refractivity contribution in [1.29, 1.82) is 0 Å². The zero-order valence-corrected chi connectivity index (χ0v) is 21.4. The Hall–Kier alpha value is -3.12. The van der Waals surface area contributed by atoms with Gasteiger partial charge in [-0.05, 0) is 48.7 Å². The molecule has 1 aliphatic heterocycles. The molecule has 1 aromatic heterocycles. The molecule has 12 heteroatoms. The molecule has 2 aromatic carbocycles. The van der Waals surface area contributed by atoms with Crippen molar-refractivity contribution < 1.29 is 37.7 Å². The highest BCUT2D eigenvalue weighted by molar-refractivity contribution is 6.30. The van der Waals surface area contributed by atoms with Crippen LogP contribution >= 0.6 is 11.6 Å². The molecule has 2 atom stereocenters. The molecular weight excluding hydrogens is 527 g/mol. The van der Waals surface area contributed by atoms with Gasteiger partial charge < -0.3 is 30.2 Å². The molecule has 0 bridgehead atoms. The van der Waals surface area contributed by atoms with Crippen LogP contribution in [0.2, 0.25) is 5.02 Å².